The Morgan fingerprint density at radius 2 is 2.23 bits per heavy atom. The number of anilines is 1. The van der Waals surface area contributed by atoms with Crippen molar-refractivity contribution in [2.24, 2.45) is 0 Å². The summed E-state index contributed by atoms with van der Waals surface area (Å²) in [7, 11) is 0. The molecule has 4 heteroatoms. The van der Waals surface area contributed by atoms with Crippen LogP contribution in [0.25, 0.3) is 10.6 Å². The summed E-state index contributed by atoms with van der Waals surface area (Å²) in [4.78, 5) is 9.43. The number of nitrogens with two attached hydrogens (primary N) is 1. The Morgan fingerprint density at radius 1 is 1.38 bits per heavy atom. The van der Waals surface area contributed by atoms with Gasteiger partial charge in [-0.3, -0.25) is 0 Å². The monoisotopic (exact) mass is 191 g/mol. The van der Waals surface area contributed by atoms with Gasteiger partial charge in [-0.2, -0.15) is 0 Å². The fraction of sp³-hybridized carbons (Fsp3) is 0.111. The molecule has 0 aliphatic carbocycles. The number of aryl methyl sites for hydroxylation is 1. The van der Waals surface area contributed by atoms with Crippen LogP contribution in [0.1, 0.15) is 4.88 Å². The Labute approximate surface area is 80.3 Å². The third kappa shape index (κ3) is 1.53. The zero-order chi connectivity index (χ0) is 9.26. The van der Waals surface area contributed by atoms with Crippen molar-refractivity contribution in [1.29, 1.82) is 0 Å². The van der Waals surface area contributed by atoms with Crippen molar-refractivity contribution in [3.8, 4) is 10.6 Å². The normalized spacial score (nSPS) is 10.2. The molecule has 66 valence electrons. The van der Waals surface area contributed by atoms with Gasteiger partial charge in [-0.15, -0.1) is 11.3 Å². The largest absolute Gasteiger partial charge is 0.383 e. The van der Waals surface area contributed by atoms with Crippen molar-refractivity contribution in [3.63, 3.8) is 0 Å². The SMILES string of the molecule is Cc1cnc(-c2cccnc2N)s1. The molecule has 0 saturated heterocycles. The Morgan fingerprint density at radius 3 is 2.85 bits per heavy atom. The maximum Gasteiger partial charge on any atom is 0.133 e. The molecule has 3 nitrogen and oxygen atoms in total. The number of hydrogen-bond donors (Lipinski definition) is 1. The average molecular weight is 191 g/mol. The fourth-order valence-electron chi connectivity index (χ4n) is 1.08. The van der Waals surface area contributed by atoms with Gasteiger partial charge in [0.2, 0.25) is 0 Å². The molecule has 2 rings (SSSR count). The highest BCUT2D eigenvalue weighted by Crippen LogP contribution is 2.27. The minimum absolute atomic E-state index is 0.539. The van der Waals surface area contributed by atoms with Gasteiger partial charge in [0.1, 0.15) is 10.8 Å². The standard InChI is InChI=1S/C9H9N3S/c1-6-5-12-9(13-6)7-3-2-4-11-8(7)10/h2-5H,1H3,(H2,10,11). The van der Waals surface area contributed by atoms with E-state index in [-0.39, 0.29) is 0 Å². The van der Waals surface area contributed by atoms with Crippen molar-refractivity contribution in [2.75, 3.05) is 5.73 Å². The number of hydrogen-bond acceptors (Lipinski definition) is 4. The number of nitrogens with zero attached hydrogens (tertiary/aromatic N) is 2. The summed E-state index contributed by atoms with van der Waals surface area (Å²) >= 11 is 1.62. The van der Waals surface area contributed by atoms with Crippen LogP contribution in [0.4, 0.5) is 5.82 Å². The topological polar surface area (TPSA) is 51.8 Å². The Hall–Kier alpha value is -1.42. The summed E-state index contributed by atoms with van der Waals surface area (Å²) in [5.41, 5.74) is 6.63. The number of pyridine rings is 1. The lowest BCUT2D eigenvalue weighted by Gasteiger charge is -1.98. The highest BCUT2D eigenvalue weighted by molar-refractivity contribution is 7.15. The predicted octanol–water partition coefficient (Wildman–Crippen LogP) is 2.10. The van der Waals surface area contributed by atoms with E-state index in [1.54, 1.807) is 17.5 Å². The molecule has 2 aromatic heterocycles. The second-order valence-electron chi connectivity index (χ2n) is 2.71. The van der Waals surface area contributed by atoms with Crippen molar-refractivity contribution in [3.05, 3.63) is 29.4 Å². The van der Waals surface area contributed by atoms with E-state index in [9.17, 15) is 0 Å². The number of rotatable bonds is 1. The third-order valence-electron chi connectivity index (χ3n) is 1.69. The highest BCUT2D eigenvalue weighted by Gasteiger charge is 2.05. The average Bonchev–Trinajstić information content (AvgIpc) is 2.53. The lowest BCUT2D eigenvalue weighted by Crippen LogP contribution is -1.92. The summed E-state index contributed by atoms with van der Waals surface area (Å²) in [6.45, 7) is 2.02. The summed E-state index contributed by atoms with van der Waals surface area (Å²) in [6, 6.07) is 3.79. The predicted molar refractivity (Wildman–Crippen MR) is 54.5 cm³/mol. The molecule has 0 aromatic carbocycles. The molecule has 2 heterocycles. The van der Waals surface area contributed by atoms with Crippen LogP contribution in [0.5, 0.6) is 0 Å². The zero-order valence-corrected chi connectivity index (χ0v) is 8.01. The fourth-order valence-corrected chi connectivity index (χ4v) is 1.88. The van der Waals surface area contributed by atoms with Crippen LogP contribution in [0.2, 0.25) is 0 Å². The first-order chi connectivity index (χ1) is 6.27. The number of nitrogen functional groups attached to an aromatic ring is 1. The van der Waals surface area contributed by atoms with E-state index in [0.717, 1.165) is 10.6 Å². The van der Waals surface area contributed by atoms with E-state index in [2.05, 4.69) is 9.97 Å². The van der Waals surface area contributed by atoms with E-state index in [1.807, 2.05) is 25.3 Å². The van der Waals surface area contributed by atoms with Crippen LogP contribution >= 0.6 is 11.3 Å². The summed E-state index contributed by atoms with van der Waals surface area (Å²) in [5.74, 6) is 0.539. The molecule has 0 aliphatic rings. The van der Waals surface area contributed by atoms with Gasteiger partial charge in [-0.1, -0.05) is 0 Å². The first-order valence-corrected chi connectivity index (χ1v) is 4.72. The molecule has 0 spiro atoms. The number of thiazole rings is 1. The molecule has 2 N–H and O–H groups in total. The molecule has 0 atom stereocenters. The Kier molecular flexibility index (Phi) is 1.98. The Balaban J connectivity index is 2.52. The van der Waals surface area contributed by atoms with Gasteiger partial charge in [0.15, 0.2) is 0 Å². The molecule has 2 aromatic rings. The van der Waals surface area contributed by atoms with Gasteiger partial charge in [-0.05, 0) is 19.1 Å². The van der Waals surface area contributed by atoms with Crippen LogP contribution < -0.4 is 5.73 Å². The van der Waals surface area contributed by atoms with Crippen molar-refractivity contribution < 1.29 is 0 Å². The van der Waals surface area contributed by atoms with Gasteiger partial charge in [-0.25, -0.2) is 9.97 Å². The van der Waals surface area contributed by atoms with Crippen LogP contribution in [-0.4, -0.2) is 9.97 Å². The molecular weight excluding hydrogens is 182 g/mol. The molecule has 0 saturated carbocycles. The molecule has 0 amide bonds. The van der Waals surface area contributed by atoms with Crippen molar-refractivity contribution >= 4 is 17.2 Å². The molecule has 0 aliphatic heterocycles. The smallest absolute Gasteiger partial charge is 0.133 e. The maximum atomic E-state index is 5.72. The van der Waals surface area contributed by atoms with Crippen LogP contribution in [0.15, 0.2) is 24.5 Å². The quantitative estimate of drug-likeness (QED) is 0.751. The molecule has 0 radical (unpaired) electrons. The van der Waals surface area contributed by atoms with E-state index >= 15 is 0 Å². The zero-order valence-electron chi connectivity index (χ0n) is 7.19. The van der Waals surface area contributed by atoms with E-state index in [4.69, 9.17) is 5.73 Å². The maximum absolute atomic E-state index is 5.72. The second kappa shape index (κ2) is 3.14. The third-order valence-corrected chi connectivity index (χ3v) is 2.64. The summed E-state index contributed by atoms with van der Waals surface area (Å²) in [6.07, 6.45) is 3.52. The van der Waals surface area contributed by atoms with Gasteiger partial charge in [0.05, 0.1) is 5.56 Å². The molecule has 0 unspecified atom stereocenters. The molecule has 0 fully saturated rings. The second-order valence-corrected chi connectivity index (χ2v) is 3.95. The van der Waals surface area contributed by atoms with Gasteiger partial charge >= 0.3 is 0 Å². The first-order valence-electron chi connectivity index (χ1n) is 3.90. The van der Waals surface area contributed by atoms with Crippen molar-refractivity contribution in [2.45, 2.75) is 6.92 Å². The van der Waals surface area contributed by atoms with E-state index in [0.29, 0.717) is 5.82 Å². The lowest BCUT2D eigenvalue weighted by molar-refractivity contribution is 1.31. The Bertz CT molecular complexity index is 422. The summed E-state index contributed by atoms with van der Waals surface area (Å²) in [5, 5.41) is 0.933. The van der Waals surface area contributed by atoms with Gasteiger partial charge in [0, 0.05) is 17.3 Å². The van der Waals surface area contributed by atoms with E-state index < -0.39 is 0 Å². The molecular formula is C9H9N3S. The minimum atomic E-state index is 0.539. The minimum Gasteiger partial charge on any atom is -0.383 e. The van der Waals surface area contributed by atoms with Crippen LogP contribution in [0, 0.1) is 6.92 Å². The van der Waals surface area contributed by atoms with E-state index in [1.165, 1.54) is 4.88 Å². The summed E-state index contributed by atoms with van der Waals surface area (Å²) < 4.78 is 0. The number of aromatic nitrogens is 2. The lowest BCUT2D eigenvalue weighted by atomic mass is 10.3. The van der Waals surface area contributed by atoms with Gasteiger partial charge < -0.3 is 5.73 Å². The van der Waals surface area contributed by atoms with Crippen molar-refractivity contribution in [1.82, 2.24) is 9.97 Å². The molecule has 13 heavy (non-hydrogen) atoms. The van der Waals surface area contributed by atoms with Gasteiger partial charge in [0.25, 0.3) is 0 Å². The van der Waals surface area contributed by atoms with Crippen LogP contribution in [-0.2, 0) is 0 Å². The highest BCUT2D eigenvalue weighted by atomic mass is 32.1. The molecule has 0 bridgehead atoms. The van der Waals surface area contributed by atoms with Crippen LogP contribution in [0.3, 0.4) is 0 Å². The first kappa shape index (κ1) is 8.19.